The second kappa shape index (κ2) is 4.75. The van der Waals surface area contributed by atoms with Crippen molar-refractivity contribution in [3.8, 4) is 6.01 Å². The lowest BCUT2D eigenvalue weighted by Crippen LogP contribution is -2.43. The zero-order valence-corrected chi connectivity index (χ0v) is 13.3. The Balaban J connectivity index is 1.96. The van der Waals surface area contributed by atoms with Gasteiger partial charge in [0, 0.05) is 12.3 Å². The standard InChI is InChI=1S/C13H22N2O3Si/c1-13(2,3)19(4,5)17-9-10-8-15-7-6-11(16)14-12(15)18-10/h6-7,10H,8-9H2,1-5H3/t10-/m0/s1. The Morgan fingerprint density at radius 2 is 2.21 bits per heavy atom. The first-order valence-corrected chi connectivity index (χ1v) is 9.48. The molecule has 0 bridgehead atoms. The first kappa shape index (κ1) is 14.3. The third-order valence-electron chi connectivity index (χ3n) is 3.96. The Bertz CT molecular complexity index is 519. The number of rotatable bonds is 3. The van der Waals surface area contributed by atoms with Gasteiger partial charge in [0.05, 0.1) is 13.2 Å². The average Bonchev–Trinajstić information content (AvgIpc) is 2.67. The van der Waals surface area contributed by atoms with E-state index in [9.17, 15) is 4.79 Å². The van der Waals surface area contributed by atoms with Crippen LogP contribution in [-0.2, 0) is 11.0 Å². The molecule has 0 saturated carbocycles. The van der Waals surface area contributed by atoms with Gasteiger partial charge in [0.15, 0.2) is 8.32 Å². The Morgan fingerprint density at radius 3 is 2.84 bits per heavy atom. The third kappa shape index (κ3) is 3.06. The summed E-state index contributed by atoms with van der Waals surface area (Å²) in [5.74, 6) is 0. The van der Waals surface area contributed by atoms with E-state index in [0.717, 1.165) is 0 Å². The molecule has 1 aromatic rings. The first-order chi connectivity index (χ1) is 8.69. The predicted octanol–water partition coefficient (Wildman–Crippen LogP) is 2.03. The molecule has 0 spiro atoms. The quantitative estimate of drug-likeness (QED) is 0.796. The normalized spacial score (nSPS) is 19.1. The highest BCUT2D eigenvalue weighted by Crippen LogP contribution is 2.36. The molecule has 1 atom stereocenters. The third-order valence-corrected chi connectivity index (χ3v) is 8.46. The minimum absolute atomic E-state index is 0.0524. The summed E-state index contributed by atoms with van der Waals surface area (Å²) in [4.78, 5) is 15.0. The van der Waals surface area contributed by atoms with Gasteiger partial charge >= 0.3 is 0 Å². The van der Waals surface area contributed by atoms with Crippen molar-refractivity contribution in [1.29, 1.82) is 0 Å². The van der Waals surface area contributed by atoms with Gasteiger partial charge in [-0.3, -0.25) is 9.36 Å². The molecule has 0 aromatic carbocycles. The van der Waals surface area contributed by atoms with Crippen LogP contribution < -0.4 is 10.3 Å². The lowest BCUT2D eigenvalue weighted by molar-refractivity contribution is 0.134. The molecular weight excluding hydrogens is 260 g/mol. The molecular formula is C13H22N2O3Si. The highest BCUT2D eigenvalue weighted by atomic mass is 28.4. The fraction of sp³-hybridized carbons (Fsp3) is 0.692. The molecule has 0 aliphatic carbocycles. The van der Waals surface area contributed by atoms with Gasteiger partial charge in [-0.1, -0.05) is 20.8 Å². The zero-order chi connectivity index (χ0) is 14.3. The summed E-state index contributed by atoms with van der Waals surface area (Å²) >= 11 is 0. The van der Waals surface area contributed by atoms with Crippen LogP contribution >= 0.6 is 0 Å². The van der Waals surface area contributed by atoms with Crippen LogP contribution in [0.15, 0.2) is 17.1 Å². The van der Waals surface area contributed by atoms with Crippen LogP contribution in [0.25, 0.3) is 0 Å². The molecule has 0 unspecified atom stereocenters. The smallest absolute Gasteiger partial charge is 0.300 e. The average molecular weight is 282 g/mol. The highest BCUT2D eigenvalue weighted by Gasteiger charge is 2.38. The van der Waals surface area contributed by atoms with Gasteiger partial charge in [-0.15, -0.1) is 0 Å². The van der Waals surface area contributed by atoms with Crippen LogP contribution in [0.2, 0.25) is 18.1 Å². The largest absolute Gasteiger partial charge is 0.457 e. The maximum absolute atomic E-state index is 11.2. The molecule has 5 nitrogen and oxygen atoms in total. The fourth-order valence-corrected chi connectivity index (χ4v) is 2.69. The molecule has 0 amide bonds. The van der Waals surface area contributed by atoms with Crippen LogP contribution in [0.1, 0.15) is 20.8 Å². The van der Waals surface area contributed by atoms with Gasteiger partial charge in [-0.25, -0.2) is 0 Å². The van der Waals surface area contributed by atoms with Gasteiger partial charge < -0.3 is 9.16 Å². The summed E-state index contributed by atoms with van der Waals surface area (Å²) in [5, 5.41) is 0.187. The lowest BCUT2D eigenvalue weighted by Gasteiger charge is -2.36. The summed E-state index contributed by atoms with van der Waals surface area (Å²) in [5.41, 5.74) is -0.266. The summed E-state index contributed by atoms with van der Waals surface area (Å²) in [6.07, 6.45) is 1.67. The van der Waals surface area contributed by atoms with Crippen molar-refractivity contribution >= 4 is 8.32 Å². The Kier molecular flexibility index (Phi) is 3.57. The van der Waals surface area contributed by atoms with E-state index < -0.39 is 8.32 Å². The van der Waals surface area contributed by atoms with Crippen LogP contribution in [-0.4, -0.2) is 30.6 Å². The summed E-state index contributed by atoms with van der Waals surface area (Å²) in [6, 6.07) is 1.85. The number of fused-ring (bicyclic) bond motifs is 1. The second-order valence-corrected chi connectivity index (χ2v) is 11.3. The van der Waals surface area contributed by atoms with Gasteiger partial charge in [-0.2, -0.15) is 4.98 Å². The highest BCUT2D eigenvalue weighted by molar-refractivity contribution is 6.74. The molecule has 0 radical (unpaired) electrons. The molecule has 6 heteroatoms. The van der Waals surface area contributed by atoms with E-state index in [1.165, 1.54) is 6.07 Å². The molecule has 1 aliphatic rings. The van der Waals surface area contributed by atoms with E-state index in [0.29, 0.717) is 19.2 Å². The minimum atomic E-state index is -1.76. The van der Waals surface area contributed by atoms with Gasteiger partial charge in [-0.05, 0) is 18.1 Å². The molecule has 0 N–H and O–H groups in total. The molecule has 0 saturated heterocycles. The van der Waals surface area contributed by atoms with E-state index in [4.69, 9.17) is 9.16 Å². The number of hydrogen-bond acceptors (Lipinski definition) is 4. The van der Waals surface area contributed by atoms with Crippen LogP contribution in [0.5, 0.6) is 6.01 Å². The van der Waals surface area contributed by atoms with E-state index in [1.54, 1.807) is 6.20 Å². The topological polar surface area (TPSA) is 53.4 Å². The maximum Gasteiger partial charge on any atom is 0.300 e. The Morgan fingerprint density at radius 1 is 1.53 bits per heavy atom. The van der Waals surface area contributed by atoms with Gasteiger partial charge in [0.25, 0.3) is 11.6 Å². The number of nitrogens with zero attached hydrogens (tertiary/aromatic N) is 2. The number of hydrogen-bond donors (Lipinski definition) is 0. The van der Waals surface area contributed by atoms with Crippen molar-refractivity contribution in [1.82, 2.24) is 9.55 Å². The van der Waals surface area contributed by atoms with Gasteiger partial charge in [0.1, 0.15) is 6.10 Å². The fourth-order valence-electron chi connectivity index (χ4n) is 1.66. The van der Waals surface area contributed by atoms with Crippen LogP contribution in [0.4, 0.5) is 0 Å². The van der Waals surface area contributed by atoms with Crippen molar-refractivity contribution in [3.63, 3.8) is 0 Å². The molecule has 2 heterocycles. The van der Waals surface area contributed by atoms with Crippen LogP contribution in [0, 0.1) is 0 Å². The molecule has 1 aliphatic heterocycles. The molecule has 106 valence electrons. The van der Waals surface area contributed by atoms with Crippen molar-refractivity contribution in [2.75, 3.05) is 6.61 Å². The number of aromatic nitrogens is 2. The van der Waals surface area contributed by atoms with Crippen molar-refractivity contribution in [2.45, 2.75) is 51.6 Å². The van der Waals surface area contributed by atoms with E-state index in [-0.39, 0.29) is 16.7 Å². The minimum Gasteiger partial charge on any atom is -0.457 e. The van der Waals surface area contributed by atoms with Gasteiger partial charge in [0.2, 0.25) is 0 Å². The van der Waals surface area contributed by atoms with E-state index in [1.807, 2.05) is 4.57 Å². The summed E-state index contributed by atoms with van der Waals surface area (Å²) in [7, 11) is -1.76. The monoisotopic (exact) mass is 282 g/mol. The molecule has 0 fully saturated rings. The first-order valence-electron chi connectivity index (χ1n) is 6.57. The molecule has 1 aromatic heterocycles. The van der Waals surface area contributed by atoms with Crippen molar-refractivity contribution in [3.05, 3.63) is 22.6 Å². The second-order valence-electron chi connectivity index (χ2n) is 6.51. The summed E-state index contributed by atoms with van der Waals surface area (Å²) in [6.45, 7) is 12.3. The lowest BCUT2D eigenvalue weighted by atomic mass is 10.2. The summed E-state index contributed by atoms with van der Waals surface area (Å²) < 4.78 is 13.6. The van der Waals surface area contributed by atoms with Crippen LogP contribution in [0.3, 0.4) is 0 Å². The number of ether oxygens (including phenoxy) is 1. The Hall–Kier alpha value is -1.14. The Labute approximate surface area is 114 Å². The zero-order valence-electron chi connectivity index (χ0n) is 12.3. The SMILES string of the molecule is CC(C)(C)[Si](C)(C)OC[C@@H]1Cn2ccc(=O)nc2O1. The van der Waals surface area contributed by atoms with E-state index in [2.05, 4.69) is 38.8 Å². The molecule has 2 rings (SSSR count). The van der Waals surface area contributed by atoms with E-state index >= 15 is 0 Å². The maximum atomic E-state index is 11.2. The predicted molar refractivity (Wildman–Crippen MR) is 76.1 cm³/mol. The van der Waals surface area contributed by atoms with Crippen molar-refractivity contribution in [2.24, 2.45) is 0 Å². The molecule has 19 heavy (non-hydrogen) atoms. The van der Waals surface area contributed by atoms with Crippen molar-refractivity contribution < 1.29 is 9.16 Å².